The Morgan fingerprint density at radius 2 is 1.27 bits per heavy atom. The van der Waals surface area contributed by atoms with Crippen LogP contribution < -0.4 is 0 Å². The van der Waals surface area contributed by atoms with Crippen molar-refractivity contribution in [3.63, 3.8) is 0 Å². The number of allylic oxidation sites excluding steroid dienone is 2. The van der Waals surface area contributed by atoms with Crippen LogP contribution in [0.1, 0.15) is 117 Å². The van der Waals surface area contributed by atoms with E-state index in [0.717, 1.165) is 18.4 Å². The van der Waals surface area contributed by atoms with E-state index in [9.17, 15) is 4.79 Å². The van der Waals surface area contributed by atoms with Gasteiger partial charge in [0.05, 0.1) is 0 Å². The quantitative estimate of drug-likeness (QED) is 0.318. The minimum Gasteiger partial charge on any atom is -0.396 e. The molecule has 0 aromatic rings. The lowest BCUT2D eigenvalue weighted by Gasteiger charge is -2.35. The van der Waals surface area contributed by atoms with Crippen molar-refractivity contribution < 1.29 is 9.90 Å². The Hall–Kier alpha value is -0.630. The normalized spacial score (nSPS) is 19.6. The number of carbonyl (C=O) groups excluding carboxylic acids is 1. The number of hydrogen-bond acceptors (Lipinski definition) is 2. The van der Waals surface area contributed by atoms with Crippen LogP contribution in [0.5, 0.6) is 0 Å². The number of unbranched alkanes of at least 4 members (excludes halogenated alkanes) is 12. The van der Waals surface area contributed by atoms with Crippen molar-refractivity contribution in [2.45, 2.75) is 117 Å². The van der Waals surface area contributed by atoms with Crippen LogP contribution in [0.3, 0.4) is 0 Å². The van der Waals surface area contributed by atoms with Crippen LogP contribution in [-0.2, 0) is 4.79 Å². The van der Waals surface area contributed by atoms with E-state index < -0.39 is 0 Å². The minimum absolute atomic E-state index is 0.191. The molecule has 1 aliphatic rings. The Morgan fingerprint density at radius 3 is 1.73 bits per heavy atom. The van der Waals surface area contributed by atoms with Gasteiger partial charge in [0.25, 0.3) is 0 Å². The monoisotopic (exact) mass is 364 g/mol. The maximum absolute atomic E-state index is 12.0. The highest BCUT2D eigenvalue weighted by atomic mass is 16.2. The molecule has 0 aromatic heterocycles. The van der Waals surface area contributed by atoms with Gasteiger partial charge >= 0.3 is 0 Å². The first-order valence-electron chi connectivity index (χ1n) is 11.3. The number of carbonyl (C=O) groups is 1. The zero-order valence-corrected chi connectivity index (χ0v) is 17.8. The molecule has 1 aliphatic carbocycles. The fourth-order valence-electron chi connectivity index (χ4n) is 4.33. The molecule has 0 saturated heterocycles. The number of hydrogen-bond donors (Lipinski definition) is 1. The molecule has 0 aliphatic heterocycles. The molecule has 0 saturated carbocycles. The molecule has 2 nitrogen and oxygen atoms in total. The molecule has 1 rings (SSSR count). The van der Waals surface area contributed by atoms with Gasteiger partial charge in [-0.05, 0) is 36.7 Å². The van der Waals surface area contributed by atoms with Crippen LogP contribution >= 0.6 is 0 Å². The average molecular weight is 365 g/mol. The van der Waals surface area contributed by atoms with E-state index in [2.05, 4.69) is 19.9 Å². The number of aliphatic hydroxyl groups excluding tert-OH is 1. The number of Topliss-reactive ketones (excluding diaryl/α,β-unsaturated/α-hetero) is 1. The summed E-state index contributed by atoms with van der Waals surface area (Å²) in [4.78, 5) is 12.0. The molecular formula is C24H44O2. The largest absolute Gasteiger partial charge is 0.396 e. The van der Waals surface area contributed by atoms with Crippen LogP contribution in [0.4, 0.5) is 0 Å². The van der Waals surface area contributed by atoms with Gasteiger partial charge in [-0.3, -0.25) is 4.79 Å². The van der Waals surface area contributed by atoms with Crippen LogP contribution in [0, 0.1) is 11.3 Å². The third-order valence-corrected chi connectivity index (χ3v) is 6.22. The fourth-order valence-corrected chi connectivity index (χ4v) is 4.33. The zero-order chi connectivity index (χ0) is 19.3. The molecule has 0 heterocycles. The third-order valence-electron chi connectivity index (χ3n) is 6.22. The Bertz CT molecular complexity index is 408. The minimum atomic E-state index is 0.191. The zero-order valence-electron chi connectivity index (χ0n) is 17.8. The molecule has 0 spiro atoms. The number of aliphatic hydroxyl groups is 1. The number of ketones is 1. The van der Waals surface area contributed by atoms with E-state index in [1.54, 1.807) is 0 Å². The highest BCUT2D eigenvalue weighted by Gasteiger charge is 2.33. The maximum Gasteiger partial charge on any atom is 0.158 e. The molecule has 0 fully saturated rings. The van der Waals surface area contributed by atoms with Gasteiger partial charge in [0, 0.05) is 13.0 Å². The van der Waals surface area contributed by atoms with Crippen molar-refractivity contribution in [3.8, 4) is 0 Å². The average Bonchev–Trinajstić information content (AvgIpc) is 2.59. The van der Waals surface area contributed by atoms with E-state index in [-0.39, 0.29) is 5.41 Å². The van der Waals surface area contributed by atoms with Gasteiger partial charge in [0.1, 0.15) is 0 Å². The van der Waals surface area contributed by atoms with Crippen molar-refractivity contribution in [2.75, 3.05) is 6.61 Å². The second-order valence-electron chi connectivity index (χ2n) is 9.08. The predicted octanol–water partition coefficient (Wildman–Crippen LogP) is 7.00. The topological polar surface area (TPSA) is 37.3 Å². The lowest BCUT2D eigenvalue weighted by Crippen LogP contribution is -2.30. The van der Waals surface area contributed by atoms with Gasteiger partial charge in [0.15, 0.2) is 5.78 Å². The summed E-state index contributed by atoms with van der Waals surface area (Å²) in [5.41, 5.74) is 1.16. The van der Waals surface area contributed by atoms with E-state index in [0.29, 0.717) is 18.3 Å². The van der Waals surface area contributed by atoms with E-state index in [1.165, 1.54) is 83.5 Å². The summed E-state index contributed by atoms with van der Waals surface area (Å²) in [5.74, 6) is 0.902. The fraction of sp³-hybridized carbons (Fsp3) is 0.875. The van der Waals surface area contributed by atoms with Gasteiger partial charge in [-0.25, -0.2) is 0 Å². The molecule has 1 atom stereocenters. The van der Waals surface area contributed by atoms with Gasteiger partial charge < -0.3 is 5.11 Å². The standard InChI is InChI=1S/C24H44O2/c1-21-20-24(2,3)22(19-23(21)26)17-15-13-11-9-7-5-4-6-8-10-12-14-16-18-25/h20,22,25H,4-19H2,1-3H3. The molecule has 0 amide bonds. The first kappa shape index (κ1) is 23.4. The molecule has 0 aromatic carbocycles. The summed E-state index contributed by atoms with van der Waals surface area (Å²) < 4.78 is 0. The van der Waals surface area contributed by atoms with Crippen LogP contribution in [0.15, 0.2) is 11.6 Å². The van der Waals surface area contributed by atoms with Crippen molar-refractivity contribution in [1.29, 1.82) is 0 Å². The van der Waals surface area contributed by atoms with Crippen molar-refractivity contribution in [2.24, 2.45) is 11.3 Å². The summed E-state index contributed by atoms with van der Waals surface area (Å²) >= 11 is 0. The molecular weight excluding hydrogens is 320 g/mol. The Morgan fingerprint density at radius 1 is 0.846 bits per heavy atom. The first-order valence-corrected chi connectivity index (χ1v) is 11.3. The Kier molecular flexibility index (Phi) is 12.2. The van der Waals surface area contributed by atoms with Gasteiger partial charge in [-0.2, -0.15) is 0 Å². The summed E-state index contributed by atoms with van der Waals surface area (Å²) in [6.45, 7) is 6.91. The van der Waals surface area contributed by atoms with Gasteiger partial charge in [-0.15, -0.1) is 0 Å². The second-order valence-corrected chi connectivity index (χ2v) is 9.08. The van der Waals surface area contributed by atoms with E-state index in [1.807, 2.05) is 6.92 Å². The van der Waals surface area contributed by atoms with Crippen molar-refractivity contribution >= 4 is 5.78 Å². The molecule has 152 valence electrons. The Labute approximate surface area is 162 Å². The van der Waals surface area contributed by atoms with Crippen LogP contribution in [0.25, 0.3) is 0 Å². The summed E-state index contributed by atoms with van der Waals surface area (Å²) in [6.07, 6.45) is 21.2. The second kappa shape index (κ2) is 13.5. The van der Waals surface area contributed by atoms with E-state index >= 15 is 0 Å². The Balaban J connectivity index is 1.92. The molecule has 26 heavy (non-hydrogen) atoms. The molecule has 0 radical (unpaired) electrons. The molecule has 2 heteroatoms. The summed E-state index contributed by atoms with van der Waals surface area (Å²) in [5, 5.41) is 8.74. The van der Waals surface area contributed by atoms with Gasteiger partial charge in [0.2, 0.25) is 0 Å². The predicted molar refractivity (Wildman–Crippen MR) is 112 cm³/mol. The SMILES string of the molecule is CC1=CC(C)(C)C(CCCCCCCCCCCCCCCO)CC1=O. The van der Waals surface area contributed by atoms with Crippen molar-refractivity contribution in [3.05, 3.63) is 11.6 Å². The van der Waals surface area contributed by atoms with E-state index in [4.69, 9.17) is 5.11 Å². The lowest BCUT2D eigenvalue weighted by molar-refractivity contribution is -0.118. The van der Waals surface area contributed by atoms with Crippen LogP contribution in [-0.4, -0.2) is 17.5 Å². The number of rotatable bonds is 15. The maximum atomic E-state index is 12.0. The molecule has 1 N–H and O–H groups in total. The first-order chi connectivity index (χ1) is 12.5. The lowest BCUT2D eigenvalue weighted by atomic mass is 9.68. The molecule has 1 unspecified atom stereocenters. The van der Waals surface area contributed by atoms with Crippen LogP contribution in [0.2, 0.25) is 0 Å². The molecule has 0 bridgehead atoms. The third kappa shape index (κ3) is 9.90. The highest BCUT2D eigenvalue weighted by Crippen LogP contribution is 2.40. The van der Waals surface area contributed by atoms with Gasteiger partial charge in [-0.1, -0.05) is 97.0 Å². The summed E-state index contributed by atoms with van der Waals surface area (Å²) in [6, 6.07) is 0. The van der Waals surface area contributed by atoms with Crippen molar-refractivity contribution in [1.82, 2.24) is 0 Å². The summed E-state index contributed by atoms with van der Waals surface area (Å²) in [7, 11) is 0. The smallest absolute Gasteiger partial charge is 0.158 e. The highest BCUT2D eigenvalue weighted by molar-refractivity contribution is 5.96.